The summed E-state index contributed by atoms with van der Waals surface area (Å²) < 4.78 is 0. The smallest absolute Gasteiger partial charge is 0.0224 e. The van der Waals surface area contributed by atoms with E-state index in [-0.39, 0.29) is 0 Å². The SMILES string of the molecule is NCC(CCc1ccccc1)N1CCCC2CCCCC21. The van der Waals surface area contributed by atoms with Crippen LogP contribution in [0.15, 0.2) is 30.3 Å². The average molecular weight is 286 g/mol. The lowest BCUT2D eigenvalue weighted by Crippen LogP contribution is -2.53. The Hall–Kier alpha value is -0.860. The Morgan fingerprint density at radius 2 is 1.81 bits per heavy atom. The van der Waals surface area contributed by atoms with Crippen LogP contribution < -0.4 is 5.73 Å². The summed E-state index contributed by atoms with van der Waals surface area (Å²) in [4.78, 5) is 2.79. The number of hydrogen-bond donors (Lipinski definition) is 1. The van der Waals surface area contributed by atoms with E-state index < -0.39 is 0 Å². The van der Waals surface area contributed by atoms with Gasteiger partial charge in [-0.2, -0.15) is 0 Å². The van der Waals surface area contributed by atoms with Crippen LogP contribution in [0.3, 0.4) is 0 Å². The minimum Gasteiger partial charge on any atom is -0.329 e. The van der Waals surface area contributed by atoms with Crippen molar-refractivity contribution < 1.29 is 0 Å². The second kappa shape index (κ2) is 7.42. The largest absolute Gasteiger partial charge is 0.329 e. The molecule has 0 amide bonds. The molecule has 3 rings (SSSR count). The van der Waals surface area contributed by atoms with Gasteiger partial charge in [0.05, 0.1) is 0 Å². The van der Waals surface area contributed by atoms with Gasteiger partial charge in [0.25, 0.3) is 0 Å². The van der Waals surface area contributed by atoms with Crippen LogP contribution in [0.2, 0.25) is 0 Å². The van der Waals surface area contributed by atoms with E-state index in [1.54, 1.807) is 0 Å². The summed E-state index contributed by atoms with van der Waals surface area (Å²) in [7, 11) is 0. The van der Waals surface area contributed by atoms with Gasteiger partial charge < -0.3 is 5.73 Å². The van der Waals surface area contributed by atoms with E-state index in [1.807, 2.05) is 0 Å². The van der Waals surface area contributed by atoms with E-state index in [2.05, 4.69) is 35.2 Å². The van der Waals surface area contributed by atoms with Gasteiger partial charge in [-0.25, -0.2) is 0 Å². The topological polar surface area (TPSA) is 29.3 Å². The molecular formula is C19H30N2. The lowest BCUT2D eigenvalue weighted by molar-refractivity contribution is 0.0256. The maximum absolute atomic E-state index is 6.15. The fourth-order valence-electron chi connectivity index (χ4n) is 4.51. The van der Waals surface area contributed by atoms with Gasteiger partial charge in [0.1, 0.15) is 0 Å². The van der Waals surface area contributed by atoms with Gasteiger partial charge in [-0.1, -0.05) is 43.2 Å². The Morgan fingerprint density at radius 1 is 1.05 bits per heavy atom. The van der Waals surface area contributed by atoms with Gasteiger partial charge in [0.2, 0.25) is 0 Å². The molecule has 1 aromatic carbocycles. The van der Waals surface area contributed by atoms with Crippen molar-refractivity contribution in [2.45, 2.75) is 63.5 Å². The molecule has 2 nitrogen and oxygen atoms in total. The van der Waals surface area contributed by atoms with Gasteiger partial charge in [0, 0.05) is 18.6 Å². The first kappa shape index (κ1) is 15.1. The van der Waals surface area contributed by atoms with Gasteiger partial charge in [0.15, 0.2) is 0 Å². The third-order valence-corrected chi connectivity index (χ3v) is 5.64. The summed E-state index contributed by atoms with van der Waals surface area (Å²) in [5.74, 6) is 0.957. The maximum Gasteiger partial charge on any atom is 0.0224 e. The molecule has 0 radical (unpaired) electrons. The van der Waals surface area contributed by atoms with Crippen LogP contribution in [-0.2, 0) is 6.42 Å². The predicted octanol–water partition coefficient (Wildman–Crippen LogP) is 3.60. The number of benzene rings is 1. The fraction of sp³-hybridized carbons (Fsp3) is 0.684. The molecule has 2 heteroatoms. The van der Waals surface area contributed by atoms with E-state index in [0.29, 0.717) is 6.04 Å². The van der Waals surface area contributed by atoms with Gasteiger partial charge in [-0.15, -0.1) is 0 Å². The van der Waals surface area contributed by atoms with Crippen LogP contribution in [0.25, 0.3) is 0 Å². The lowest BCUT2D eigenvalue weighted by Gasteiger charge is -2.47. The van der Waals surface area contributed by atoms with Crippen LogP contribution >= 0.6 is 0 Å². The highest BCUT2D eigenvalue weighted by molar-refractivity contribution is 5.14. The molecule has 116 valence electrons. The minimum atomic E-state index is 0.580. The number of aryl methyl sites for hydroxylation is 1. The number of nitrogens with two attached hydrogens (primary N) is 1. The van der Waals surface area contributed by atoms with Crippen LogP contribution in [0.5, 0.6) is 0 Å². The van der Waals surface area contributed by atoms with Gasteiger partial charge in [-0.3, -0.25) is 4.90 Å². The standard InChI is InChI=1S/C19H30N2/c20-15-18(13-12-16-7-2-1-3-8-16)21-14-6-10-17-9-4-5-11-19(17)21/h1-3,7-8,17-19H,4-6,9-15,20H2. The number of nitrogens with zero attached hydrogens (tertiary/aromatic N) is 1. The highest BCUT2D eigenvalue weighted by atomic mass is 15.2. The van der Waals surface area contributed by atoms with Crippen molar-refractivity contribution in [3.63, 3.8) is 0 Å². The molecule has 1 heterocycles. The van der Waals surface area contributed by atoms with Crippen molar-refractivity contribution in [2.24, 2.45) is 11.7 Å². The first-order chi connectivity index (χ1) is 10.4. The van der Waals surface area contributed by atoms with Gasteiger partial charge >= 0.3 is 0 Å². The summed E-state index contributed by atoms with van der Waals surface area (Å²) in [5.41, 5.74) is 7.60. The number of rotatable bonds is 5. The van der Waals surface area contributed by atoms with Crippen molar-refractivity contribution in [2.75, 3.05) is 13.1 Å². The normalized spacial score (nSPS) is 28.0. The molecule has 2 fully saturated rings. The molecule has 0 bridgehead atoms. The second-order valence-electron chi connectivity index (χ2n) is 6.91. The molecule has 3 unspecified atom stereocenters. The zero-order valence-corrected chi connectivity index (χ0v) is 13.2. The van der Waals surface area contributed by atoms with Crippen molar-refractivity contribution >= 4 is 0 Å². The summed E-state index contributed by atoms with van der Waals surface area (Å²) in [6, 6.07) is 12.3. The molecule has 1 aromatic rings. The minimum absolute atomic E-state index is 0.580. The van der Waals surface area contributed by atoms with Gasteiger partial charge in [-0.05, 0) is 56.6 Å². The summed E-state index contributed by atoms with van der Waals surface area (Å²) in [5, 5.41) is 0. The predicted molar refractivity (Wildman–Crippen MR) is 89.3 cm³/mol. The van der Waals surface area contributed by atoms with E-state index in [9.17, 15) is 0 Å². The molecular weight excluding hydrogens is 256 g/mol. The third kappa shape index (κ3) is 3.67. The Labute approximate surface area is 129 Å². The highest BCUT2D eigenvalue weighted by Crippen LogP contribution is 2.36. The number of hydrogen-bond acceptors (Lipinski definition) is 2. The first-order valence-electron chi connectivity index (χ1n) is 8.88. The Kier molecular flexibility index (Phi) is 5.32. The molecule has 1 aliphatic carbocycles. The molecule has 0 aromatic heterocycles. The lowest BCUT2D eigenvalue weighted by atomic mass is 9.77. The van der Waals surface area contributed by atoms with E-state index in [4.69, 9.17) is 5.73 Å². The van der Waals surface area contributed by atoms with E-state index in [1.165, 1.54) is 57.1 Å². The Bertz CT molecular complexity index is 415. The fourth-order valence-corrected chi connectivity index (χ4v) is 4.51. The molecule has 1 saturated carbocycles. The second-order valence-corrected chi connectivity index (χ2v) is 6.91. The molecule has 1 saturated heterocycles. The van der Waals surface area contributed by atoms with Crippen LogP contribution in [0.4, 0.5) is 0 Å². The maximum atomic E-state index is 6.15. The molecule has 2 N–H and O–H groups in total. The molecule has 3 atom stereocenters. The zero-order valence-electron chi connectivity index (χ0n) is 13.2. The number of fused-ring (bicyclic) bond motifs is 1. The zero-order chi connectivity index (χ0) is 14.5. The summed E-state index contributed by atoms with van der Waals surface area (Å²) >= 11 is 0. The van der Waals surface area contributed by atoms with E-state index >= 15 is 0 Å². The third-order valence-electron chi connectivity index (χ3n) is 5.64. The van der Waals surface area contributed by atoms with Crippen LogP contribution in [0, 0.1) is 5.92 Å². The van der Waals surface area contributed by atoms with Crippen molar-refractivity contribution in [1.82, 2.24) is 4.90 Å². The van der Waals surface area contributed by atoms with E-state index in [0.717, 1.165) is 24.9 Å². The Balaban J connectivity index is 1.61. The molecule has 2 aliphatic rings. The Morgan fingerprint density at radius 3 is 2.62 bits per heavy atom. The molecule has 1 aliphatic heterocycles. The van der Waals surface area contributed by atoms with Crippen molar-refractivity contribution in [3.05, 3.63) is 35.9 Å². The highest BCUT2D eigenvalue weighted by Gasteiger charge is 2.35. The number of piperidine rings is 1. The monoisotopic (exact) mass is 286 g/mol. The van der Waals surface area contributed by atoms with Crippen molar-refractivity contribution in [3.8, 4) is 0 Å². The summed E-state index contributed by atoms with van der Waals surface area (Å²) in [6.07, 6.45) is 10.9. The van der Waals surface area contributed by atoms with Crippen LogP contribution in [0.1, 0.15) is 50.5 Å². The quantitative estimate of drug-likeness (QED) is 0.896. The molecule has 21 heavy (non-hydrogen) atoms. The number of likely N-dealkylation sites (tertiary alicyclic amines) is 1. The van der Waals surface area contributed by atoms with Crippen molar-refractivity contribution in [1.29, 1.82) is 0 Å². The summed E-state index contributed by atoms with van der Waals surface area (Å²) in [6.45, 7) is 2.09. The average Bonchev–Trinajstić information content (AvgIpc) is 2.56. The first-order valence-corrected chi connectivity index (χ1v) is 8.88. The molecule has 0 spiro atoms. The van der Waals surface area contributed by atoms with Crippen LogP contribution in [-0.4, -0.2) is 30.1 Å².